The Bertz CT molecular complexity index is 327. The lowest BCUT2D eigenvalue weighted by molar-refractivity contribution is 0.716. The Morgan fingerprint density at radius 3 is 2.40 bits per heavy atom. The Morgan fingerprint density at radius 1 is 1.33 bits per heavy atom. The molecule has 0 saturated carbocycles. The average Bonchev–Trinajstić information content (AvgIpc) is 2.29. The summed E-state index contributed by atoms with van der Waals surface area (Å²) in [5.74, 6) is 0.605. The van der Waals surface area contributed by atoms with Gasteiger partial charge in [-0.3, -0.25) is 4.99 Å². The van der Waals surface area contributed by atoms with E-state index in [1.807, 2.05) is 24.3 Å². The fraction of sp³-hybridized carbons (Fsp3) is 0.417. The number of hydrogen-bond acceptors (Lipinski definition) is 2. The highest BCUT2D eigenvalue weighted by Crippen LogP contribution is 2.05. The zero-order valence-electron chi connectivity index (χ0n) is 9.40. The predicted molar refractivity (Wildman–Crippen MR) is 64.8 cm³/mol. The summed E-state index contributed by atoms with van der Waals surface area (Å²) in [4.78, 5) is 4.38. The number of nitrogens with zero attached hydrogens (tertiary/aromatic N) is 1. The van der Waals surface area contributed by atoms with Crippen LogP contribution in [0.15, 0.2) is 29.3 Å². The summed E-state index contributed by atoms with van der Waals surface area (Å²) >= 11 is 0. The third kappa shape index (κ3) is 3.36. The Balaban J connectivity index is 2.82. The molecule has 0 radical (unpaired) electrons. The fourth-order valence-electron chi connectivity index (χ4n) is 1.21. The van der Waals surface area contributed by atoms with Crippen LogP contribution in [-0.4, -0.2) is 11.9 Å². The van der Waals surface area contributed by atoms with Crippen molar-refractivity contribution in [2.45, 2.75) is 32.9 Å². The zero-order chi connectivity index (χ0) is 11.3. The maximum Gasteiger partial charge on any atom is 0.125 e. The van der Waals surface area contributed by atoms with Crippen molar-refractivity contribution >= 4 is 5.84 Å². The molecule has 0 aromatic heterocycles. The standard InChI is InChI=1S/C12H19N3/c1-3-9(2)15-12(14)11-6-4-10(8-13)5-7-11/h4-7,9H,3,8,13H2,1-2H3,(H2,14,15). The minimum Gasteiger partial charge on any atom is -0.383 e. The Labute approximate surface area is 91.2 Å². The average molecular weight is 205 g/mol. The Kier molecular flexibility index (Phi) is 4.31. The van der Waals surface area contributed by atoms with Crippen LogP contribution < -0.4 is 11.5 Å². The van der Waals surface area contributed by atoms with Crippen molar-refractivity contribution in [3.8, 4) is 0 Å². The molecule has 4 N–H and O–H groups in total. The highest BCUT2D eigenvalue weighted by atomic mass is 14.9. The first-order valence-electron chi connectivity index (χ1n) is 5.30. The van der Waals surface area contributed by atoms with Crippen molar-refractivity contribution in [3.63, 3.8) is 0 Å². The Morgan fingerprint density at radius 2 is 1.93 bits per heavy atom. The van der Waals surface area contributed by atoms with Gasteiger partial charge in [0.15, 0.2) is 0 Å². The third-order valence-corrected chi connectivity index (χ3v) is 2.44. The van der Waals surface area contributed by atoms with Gasteiger partial charge in [-0.2, -0.15) is 0 Å². The van der Waals surface area contributed by atoms with Gasteiger partial charge in [0.05, 0.1) is 0 Å². The van der Waals surface area contributed by atoms with Crippen LogP contribution in [0.25, 0.3) is 0 Å². The zero-order valence-corrected chi connectivity index (χ0v) is 9.40. The monoisotopic (exact) mass is 205 g/mol. The van der Waals surface area contributed by atoms with Gasteiger partial charge in [0.1, 0.15) is 5.84 Å². The van der Waals surface area contributed by atoms with Crippen molar-refractivity contribution in [1.29, 1.82) is 0 Å². The molecule has 1 rings (SSSR count). The van der Waals surface area contributed by atoms with E-state index in [0.29, 0.717) is 12.4 Å². The molecule has 3 nitrogen and oxygen atoms in total. The molecule has 3 heteroatoms. The summed E-state index contributed by atoms with van der Waals surface area (Å²) in [7, 11) is 0. The fourth-order valence-corrected chi connectivity index (χ4v) is 1.21. The summed E-state index contributed by atoms with van der Waals surface area (Å²) in [6, 6.07) is 8.16. The SMILES string of the molecule is CCC(C)N=C(N)c1ccc(CN)cc1. The van der Waals surface area contributed by atoms with E-state index < -0.39 is 0 Å². The maximum absolute atomic E-state index is 5.88. The molecule has 0 saturated heterocycles. The van der Waals surface area contributed by atoms with Crippen molar-refractivity contribution in [3.05, 3.63) is 35.4 Å². The smallest absolute Gasteiger partial charge is 0.125 e. The highest BCUT2D eigenvalue weighted by Gasteiger charge is 2.00. The van der Waals surface area contributed by atoms with Gasteiger partial charge in [0, 0.05) is 18.2 Å². The quantitative estimate of drug-likeness (QED) is 0.580. The van der Waals surface area contributed by atoms with Gasteiger partial charge in [-0.1, -0.05) is 31.2 Å². The van der Waals surface area contributed by atoms with Gasteiger partial charge in [0.2, 0.25) is 0 Å². The summed E-state index contributed by atoms with van der Waals surface area (Å²) in [5.41, 5.74) is 13.5. The minimum atomic E-state index is 0.277. The van der Waals surface area contributed by atoms with E-state index in [9.17, 15) is 0 Å². The van der Waals surface area contributed by atoms with Crippen LogP contribution in [0.5, 0.6) is 0 Å². The van der Waals surface area contributed by atoms with Crippen LogP contribution in [0.3, 0.4) is 0 Å². The van der Waals surface area contributed by atoms with Crippen LogP contribution in [0.1, 0.15) is 31.4 Å². The van der Waals surface area contributed by atoms with E-state index >= 15 is 0 Å². The number of aliphatic imine (C=N–C) groups is 1. The van der Waals surface area contributed by atoms with Gasteiger partial charge in [0.25, 0.3) is 0 Å². The number of benzene rings is 1. The molecular formula is C12H19N3. The van der Waals surface area contributed by atoms with E-state index in [-0.39, 0.29) is 6.04 Å². The third-order valence-electron chi connectivity index (χ3n) is 2.44. The molecule has 1 aromatic carbocycles. The van der Waals surface area contributed by atoms with Crippen molar-refractivity contribution < 1.29 is 0 Å². The second-order valence-corrected chi connectivity index (χ2v) is 3.67. The lowest BCUT2D eigenvalue weighted by Gasteiger charge is -2.06. The highest BCUT2D eigenvalue weighted by molar-refractivity contribution is 5.97. The van der Waals surface area contributed by atoms with Crippen LogP contribution >= 0.6 is 0 Å². The van der Waals surface area contributed by atoms with Gasteiger partial charge in [-0.25, -0.2) is 0 Å². The molecule has 1 atom stereocenters. The van der Waals surface area contributed by atoms with Gasteiger partial charge >= 0.3 is 0 Å². The van der Waals surface area contributed by atoms with Crippen LogP contribution in [0.4, 0.5) is 0 Å². The molecule has 0 amide bonds. The largest absolute Gasteiger partial charge is 0.383 e. The van der Waals surface area contributed by atoms with E-state index in [0.717, 1.165) is 17.5 Å². The number of amidine groups is 1. The van der Waals surface area contributed by atoms with Crippen LogP contribution in [0, 0.1) is 0 Å². The summed E-state index contributed by atoms with van der Waals surface area (Å²) in [6.45, 7) is 4.71. The molecule has 15 heavy (non-hydrogen) atoms. The molecule has 1 aromatic rings. The van der Waals surface area contributed by atoms with E-state index in [1.54, 1.807) is 0 Å². The van der Waals surface area contributed by atoms with Crippen LogP contribution in [0.2, 0.25) is 0 Å². The molecule has 1 unspecified atom stereocenters. The number of hydrogen-bond donors (Lipinski definition) is 2. The lowest BCUT2D eigenvalue weighted by Crippen LogP contribution is -2.16. The molecule has 0 aliphatic heterocycles. The molecule has 0 spiro atoms. The molecule has 0 fully saturated rings. The topological polar surface area (TPSA) is 64.4 Å². The van der Waals surface area contributed by atoms with Crippen molar-refractivity contribution in [1.82, 2.24) is 0 Å². The normalized spacial score (nSPS) is 13.9. The van der Waals surface area contributed by atoms with Gasteiger partial charge < -0.3 is 11.5 Å². The molecule has 82 valence electrons. The first-order valence-corrected chi connectivity index (χ1v) is 5.30. The van der Waals surface area contributed by atoms with E-state index in [4.69, 9.17) is 11.5 Å². The number of rotatable bonds is 4. The van der Waals surface area contributed by atoms with E-state index in [2.05, 4.69) is 18.8 Å². The predicted octanol–water partition coefficient (Wildman–Crippen LogP) is 1.65. The lowest BCUT2D eigenvalue weighted by atomic mass is 10.1. The first-order chi connectivity index (χ1) is 7.17. The summed E-state index contributed by atoms with van der Waals surface area (Å²) in [5, 5.41) is 0. The van der Waals surface area contributed by atoms with Crippen LogP contribution in [-0.2, 0) is 6.54 Å². The Hall–Kier alpha value is -1.35. The molecule has 0 bridgehead atoms. The molecule has 0 aliphatic rings. The molecule has 0 heterocycles. The van der Waals surface area contributed by atoms with Crippen molar-refractivity contribution in [2.24, 2.45) is 16.5 Å². The molecular weight excluding hydrogens is 186 g/mol. The number of nitrogens with two attached hydrogens (primary N) is 2. The second kappa shape index (κ2) is 5.51. The minimum absolute atomic E-state index is 0.277. The second-order valence-electron chi connectivity index (χ2n) is 3.67. The first kappa shape index (κ1) is 11.7. The summed E-state index contributed by atoms with van der Waals surface area (Å²) in [6.07, 6.45) is 1.00. The van der Waals surface area contributed by atoms with E-state index in [1.165, 1.54) is 0 Å². The van der Waals surface area contributed by atoms with Gasteiger partial charge in [-0.05, 0) is 18.9 Å². The van der Waals surface area contributed by atoms with Crippen molar-refractivity contribution in [2.75, 3.05) is 0 Å². The van der Waals surface area contributed by atoms with Gasteiger partial charge in [-0.15, -0.1) is 0 Å². The molecule has 0 aliphatic carbocycles. The maximum atomic E-state index is 5.88. The summed E-state index contributed by atoms with van der Waals surface area (Å²) < 4.78 is 0.